The van der Waals surface area contributed by atoms with E-state index in [-0.39, 0.29) is 11.9 Å². The summed E-state index contributed by atoms with van der Waals surface area (Å²) in [5, 5.41) is 3.31. The van der Waals surface area contributed by atoms with Crippen LogP contribution in [0.2, 0.25) is 0 Å². The molecule has 0 bridgehead atoms. The number of hydrogen-bond donors (Lipinski definition) is 1. The SMILES string of the molecule is CNC(c1ccc(C2CCC2)cc1)c1ccc(F)c(Br)c1. The summed E-state index contributed by atoms with van der Waals surface area (Å²) in [6, 6.07) is 14.1. The van der Waals surface area contributed by atoms with Gasteiger partial charge >= 0.3 is 0 Å². The molecule has 0 aromatic heterocycles. The summed E-state index contributed by atoms with van der Waals surface area (Å²) >= 11 is 3.26. The number of benzene rings is 2. The molecule has 1 nitrogen and oxygen atoms in total. The summed E-state index contributed by atoms with van der Waals surface area (Å²) < 4.78 is 13.9. The molecule has 1 aliphatic carbocycles. The molecule has 1 N–H and O–H groups in total. The zero-order valence-corrected chi connectivity index (χ0v) is 13.7. The van der Waals surface area contributed by atoms with Crippen molar-refractivity contribution in [2.24, 2.45) is 0 Å². The molecule has 1 unspecified atom stereocenters. The Bertz CT molecular complexity index is 620. The Labute approximate surface area is 133 Å². The highest BCUT2D eigenvalue weighted by atomic mass is 79.9. The van der Waals surface area contributed by atoms with E-state index < -0.39 is 0 Å². The molecule has 2 aromatic rings. The zero-order chi connectivity index (χ0) is 14.8. The molecule has 0 amide bonds. The molecular weight excluding hydrogens is 329 g/mol. The quantitative estimate of drug-likeness (QED) is 0.804. The van der Waals surface area contributed by atoms with Crippen molar-refractivity contribution in [2.45, 2.75) is 31.2 Å². The monoisotopic (exact) mass is 347 g/mol. The first-order valence-corrected chi connectivity index (χ1v) is 8.20. The number of nitrogens with one attached hydrogen (secondary N) is 1. The van der Waals surface area contributed by atoms with E-state index in [1.165, 1.54) is 36.5 Å². The Kier molecular flexibility index (Phi) is 4.41. The molecule has 0 heterocycles. The molecule has 110 valence electrons. The Hall–Kier alpha value is -1.19. The zero-order valence-electron chi connectivity index (χ0n) is 12.1. The lowest BCUT2D eigenvalue weighted by Crippen LogP contribution is -2.18. The van der Waals surface area contributed by atoms with Gasteiger partial charge in [0.05, 0.1) is 10.5 Å². The van der Waals surface area contributed by atoms with Crippen LogP contribution in [-0.4, -0.2) is 7.05 Å². The molecular formula is C18H19BrFN. The lowest BCUT2D eigenvalue weighted by atomic mass is 9.79. The van der Waals surface area contributed by atoms with Crippen molar-refractivity contribution in [3.8, 4) is 0 Å². The Morgan fingerprint density at radius 3 is 2.29 bits per heavy atom. The van der Waals surface area contributed by atoms with Crippen LogP contribution < -0.4 is 5.32 Å². The van der Waals surface area contributed by atoms with Crippen molar-refractivity contribution >= 4 is 15.9 Å². The summed E-state index contributed by atoms with van der Waals surface area (Å²) in [6.07, 6.45) is 3.99. The predicted molar refractivity (Wildman–Crippen MR) is 88.0 cm³/mol. The third-order valence-corrected chi connectivity index (χ3v) is 5.02. The van der Waals surface area contributed by atoms with E-state index in [0.29, 0.717) is 4.47 Å². The van der Waals surface area contributed by atoms with Gasteiger partial charge in [0, 0.05) is 0 Å². The Morgan fingerprint density at radius 2 is 1.76 bits per heavy atom. The van der Waals surface area contributed by atoms with E-state index >= 15 is 0 Å². The van der Waals surface area contributed by atoms with Crippen LogP contribution in [0.5, 0.6) is 0 Å². The third-order valence-electron chi connectivity index (χ3n) is 4.41. The molecule has 1 aliphatic rings. The molecule has 1 atom stereocenters. The summed E-state index contributed by atoms with van der Waals surface area (Å²) in [7, 11) is 1.93. The van der Waals surface area contributed by atoms with Crippen LogP contribution in [0.4, 0.5) is 4.39 Å². The van der Waals surface area contributed by atoms with Gasteiger partial charge in [-0.2, -0.15) is 0 Å². The molecule has 0 radical (unpaired) electrons. The molecule has 0 saturated heterocycles. The van der Waals surface area contributed by atoms with Gasteiger partial charge in [-0.3, -0.25) is 0 Å². The van der Waals surface area contributed by atoms with Crippen LogP contribution in [0, 0.1) is 5.82 Å². The lowest BCUT2D eigenvalue weighted by molar-refractivity contribution is 0.419. The molecule has 0 aliphatic heterocycles. The Balaban J connectivity index is 1.86. The topological polar surface area (TPSA) is 12.0 Å². The standard InChI is InChI=1S/C18H19BrFN/c1-21-18(15-9-10-17(20)16(19)11-15)14-7-5-13(6-8-14)12-3-2-4-12/h5-12,18,21H,2-4H2,1H3. The maximum atomic E-state index is 13.4. The highest BCUT2D eigenvalue weighted by molar-refractivity contribution is 9.10. The highest BCUT2D eigenvalue weighted by Gasteiger charge is 2.20. The minimum atomic E-state index is -0.228. The number of rotatable bonds is 4. The molecule has 3 rings (SSSR count). The van der Waals surface area contributed by atoms with Gasteiger partial charge in [0.1, 0.15) is 5.82 Å². The average Bonchev–Trinajstić information content (AvgIpc) is 2.43. The minimum absolute atomic E-state index is 0.0809. The summed E-state index contributed by atoms with van der Waals surface area (Å²) in [4.78, 5) is 0. The maximum Gasteiger partial charge on any atom is 0.137 e. The number of hydrogen-bond acceptors (Lipinski definition) is 1. The first-order chi connectivity index (χ1) is 10.2. The highest BCUT2D eigenvalue weighted by Crippen LogP contribution is 2.37. The predicted octanol–water partition coefficient (Wildman–Crippen LogP) is 5.16. The van der Waals surface area contributed by atoms with Crippen molar-refractivity contribution in [3.63, 3.8) is 0 Å². The van der Waals surface area contributed by atoms with Crippen molar-refractivity contribution in [3.05, 3.63) is 69.4 Å². The van der Waals surface area contributed by atoms with E-state index in [9.17, 15) is 4.39 Å². The smallest absolute Gasteiger partial charge is 0.137 e. The van der Waals surface area contributed by atoms with Crippen molar-refractivity contribution in [1.82, 2.24) is 5.32 Å². The van der Waals surface area contributed by atoms with Gasteiger partial charge in [-0.15, -0.1) is 0 Å². The Morgan fingerprint density at radius 1 is 1.10 bits per heavy atom. The normalized spacial score (nSPS) is 16.5. The summed E-state index contributed by atoms with van der Waals surface area (Å²) in [6.45, 7) is 0. The maximum absolute atomic E-state index is 13.4. The largest absolute Gasteiger partial charge is 0.309 e. The second-order valence-electron chi connectivity index (χ2n) is 5.69. The van der Waals surface area contributed by atoms with Gasteiger partial charge < -0.3 is 5.32 Å². The second kappa shape index (κ2) is 6.29. The molecule has 21 heavy (non-hydrogen) atoms. The summed E-state index contributed by atoms with van der Waals surface area (Å²) in [5.41, 5.74) is 3.71. The van der Waals surface area contributed by atoms with Crippen LogP contribution in [0.3, 0.4) is 0 Å². The lowest BCUT2D eigenvalue weighted by Gasteiger charge is -2.26. The molecule has 0 spiro atoms. The van der Waals surface area contributed by atoms with Gasteiger partial charge in [-0.05, 0) is 70.6 Å². The van der Waals surface area contributed by atoms with Gasteiger partial charge in [0.25, 0.3) is 0 Å². The second-order valence-corrected chi connectivity index (χ2v) is 6.54. The van der Waals surface area contributed by atoms with E-state index in [4.69, 9.17) is 0 Å². The van der Waals surface area contributed by atoms with Crippen LogP contribution in [0.25, 0.3) is 0 Å². The van der Waals surface area contributed by atoms with Crippen LogP contribution in [0.15, 0.2) is 46.9 Å². The van der Waals surface area contributed by atoms with Crippen LogP contribution in [0.1, 0.15) is 47.9 Å². The van der Waals surface area contributed by atoms with Crippen LogP contribution in [-0.2, 0) is 0 Å². The van der Waals surface area contributed by atoms with Gasteiger partial charge in [0.2, 0.25) is 0 Å². The third kappa shape index (κ3) is 3.04. The van der Waals surface area contributed by atoms with Crippen molar-refractivity contribution < 1.29 is 4.39 Å². The summed E-state index contributed by atoms with van der Waals surface area (Å²) in [5.74, 6) is 0.529. The fraction of sp³-hybridized carbons (Fsp3) is 0.333. The average molecular weight is 348 g/mol. The van der Waals surface area contributed by atoms with E-state index in [1.807, 2.05) is 19.2 Å². The molecule has 1 saturated carbocycles. The van der Waals surface area contributed by atoms with E-state index in [1.54, 1.807) is 0 Å². The molecule has 1 fully saturated rings. The number of halogens is 2. The van der Waals surface area contributed by atoms with Gasteiger partial charge in [-0.25, -0.2) is 4.39 Å². The fourth-order valence-electron chi connectivity index (χ4n) is 2.92. The van der Waals surface area contributed by atoms with Gasteiger partial charge in [-0.1, -0.05) is 36.8 Å². The molecule has 2 aromatic carbocycles. The molecule has 3 heteroatoms. The van der Waals surface area contributed by atoms with E-state index in [0.717, 1.165) is 11.5 Å². The fourth-order valence-corrected chi connectivity index (χ4v) is 3.32. The van der Waals surface area contributed by atoms with Crippen LogP contribution >= 0.6 is 15.9 Å². The first kappa shape index (κ1) is 14.7. The first-order valence-electron chi connectivity index (χ1n) is 7.41. The van der Waals surface area contributed by atoms with Gasteiger partial charge in [0.15, 0.2) is 0 Å². The van der Waals surface area contributed by atoms with E-state index in [2.05, 4.69) is 45.5 Å². The minimum Gasteiger partial charge on any atom is -0.309 e. The van der Waals surface area contributed by atoms with Crippen molar-refractivity contribution in [2.75, 3.05) is 7.05 Å². The van der Waals surface area contributed by atoms with Crippen molar-refractivity contribution in [1.29, 1.82) is 0 Å².